The van der Waals surface area contributed by atoms with Crippen LogP contribution in [0.2, 0.25) is 0 Å². The van der Waals surface area contributed by atoms with Gasteiger partial charge in [0.25, 0.3) is 11.4 Å². The van der Waals surface area contributed by atoms with Crippen LogP contribution in [-0.4, -0.2) is 42.1 Å². The van der Waals surface area contributed by atoms with Crippen molar-refractivity contribution in [2.75, 3.05) is 25.2 Å². The van der Waals surface area contributed by atoms with E-state index in [1.54, 1.807) is 38.1 Å². The number of anilines is 1. The van der Waals surface area contributed by atoms with E-state index in [9.17, 15) is 29.8 Å². The molecule has 0 aromatic heterocycles. The molecule has 12 heteroatoms. The van der Waals surface area contributed by atoms with Crippen LogP contribution in [-0.2, 0) is 19.1 Å². The Morgan fingerprint density at radius 1 is 0.861 bits per heavy atom. The van der Waals surface area contributed by atoms with Crippen molar-refractivity contribution in [2.24, 2.45) is 0 Å². The maximum Gasteiger partial charge on any atom is 0.336 e. The van der Waals surface area contributed by atoms with Crippen LogP contribution >= 0.6 is 0 Å². The minimum absolute atomic E-state index is 0.0103. The lowest BCUT2D eigenvalue weighted by Gasteiger charge is -2.30. The van der Waals surface area contributed by atoms with Crippen LogP contribution in [0.5, 0.6) is 5.75 Å². The van der Waals surface area contributed by atoms with Crippen molar-refractivity contribution in [2.45, 2.75) is 19.8 Å². The zero-order chi connectivity index (χ0) is 26.4. The molecule has 0 amide bonds. The van der Waals surface area contributed by atoms with Crippen LogP contribution < -0.4 is 9.64 Å². The number of ether oxygens (including phenoxy) is 3. The third kappa shape index (κ3) is 5.49. The summed E-state index contributed by atoms with van der Waals surface area (Å²) < 4.78 is 15.6. The number of nitro benzene ring substituents is 2. The Hall–Kier alpha value is -4.74. The smallest absolute Gasteiger partial charge is 0.336 e. The first-order chi connectivity index (χ1) is 17.2. The maximum atomic E-state index is 13.0. The van der Waals surface area contributed by atoms with Crippen LogP contribution in [0, 0.1) is 20.2 Å². The fourth-order valence-electron chi connectivity index (χ4n) is 3.68. The van der Waals surface area contributed by atoms with E-state index >= 15 is 0 Å². The quantitative estimate of drug-likeness (QED) is 0.282. The minimum atomic E-state index is -1.23. The number of non-ortho nitro benzene ring substituents is 2. The number of hydrogen-bond donors (Lipinski definition) is 0. The van der Waals surface area contributed by atoms with Crippen LogP contribution in [0.3, 0.4) is 0 Å². The van der Waals surface area contributed by atoms with Crippen LogP contribution in [0.15, 0.2) is 66.0 Å². The summed E-state index contributed by atoms with van der Waals surface area (Å²) in [4.78, 5) is 49.0. The van der Waals surface area contributed by atoms with E-state index in [2.05, 4.69) is 0 Å². The number of esters is 2. The standard InChI is InChI=1S/C24H23N3O9/c1-4-35-23(28)20-13-25(16-6-8-19(34-3)9-7-16)14-21(24(29)36-5-2)22(20)15-10-17(26(30)31)12-18(11-15)27(32)33/h6-14,22H,4-5H2,1-3H3. The molecule has 2 aromatic carbocycles. The normalized spacial score (nSPS) is 13.4. The number of carbonyl (C=O) groups is 2. The highest BCUT2D eigenvalue weighted by atomic mass is 16.6. The Labute approximate surface area is 205 Å². The molecule has 0 spiro atoms. The second-order valence-electron chi connectivity index (χ2n) is 7.45. The van der Waals surface area contributed by atoms with Gasteiger partial charge in [-0.05, 0) is 43.7 Å². The molecule has 0 aliphatic carbocycles. The van der Waals surface area contributed by atoms with Crippen LogP contribution in [0.1, 0.15) is 25.3 Å². The topological polar surface area (TPSA) is 151 Å². The second-order valence-corrected chi connectivity index (χ2v) is 7.45. The highest BCUT2D eigenvalue weighted by Gasteiger charge is 2.37. The fourth-order valence-corrected chi connectivity index (χ4v) is 3.68. The molecule has 0 atom stereocenters. The summed E-state index contributed by atoms with van der Waals surface area (Å²) in [6, 6.07) is 9.72. The van der Waals surface area contributed by atoms with E-state index in [0.717, 1.165) is 18.2 Å². The molecule has 0 saturated heterocycles. The largest absolute Gasteiger partial charge is 0.497 e. The first-order valence-corrected chi connectivity index (χ1v) is 10.8. The fraction of sp³-hybridized carbons (Fsp3) is 0.250. The average Bonchev–Trinajstić information content (AvgIpc) is 2.87. The van der Waals surface area contributed by atoms with Gasteiger partial charge in [-0.3, -0.25) is 20.2 Å². The summed E-state index contributed by atoms with van der Waals surface area (Å²) in [5.74, 6) is -2.24. The van der Waals surface area contributed by atoms with Gasteiger partial charge in [-0.25, -0.2) is 9.59 Å². The number of rotatable bonds is 9. The van der Waals surface area contributed by atoms with Gasteiger partial charge in [0.2, 0.25) is 0 Å². The van der Waals surface area contributed by atoms with Crippen molar-refractivity contribution in [3.63, 3.8) is 0 Å². The molecular formula is C24H23N3O9. The molecule has 0 fully saturated rings. The summed E-state index contributed by atoms with van der Waals surface area (Å²) in [5.41, 5.74) is -0.709. The van der Waals surface area contributed by atoms with Crippen molar-refractivity contribution in [3.05, 3.63) is 91.8 Å². The van der Waals surface area contributed by atoms with E-state index in [1.807, 2.05) is 0 Å². The molecule has 1 heterocycles. The SMILES string of the molecule is CCOC(=O)C1=CN(c2ccc(OC)cc2)C=C(C(=O)OCC)C1c1cc([N+](=O)[O-])cc([N+](=O)[O-])c1. The van der Waals surface area contributed by atoms with Gasteiger partial charge in [-0.2, -0.15) is 0 Å². The number of carbonyl (C=O) groups excluding carboxylic acids is 2. The van der Waals surface area contributed by atoms with Gasteiger partial charge in [0.05, 0.1) is 53.3 Å². The first kappa shape index (κ1) is 25.9. The van der Waals surface area contributed by atoms with Crippen LogP contribution in [0.25, 0.3) is 0 Å². The number of benzene rings is 2. The number of nitrogens with zero attached hydrogens (tertiary/aromatic N) is 3. The zero-order valence-electron chi connectivity index (χ0n) is 19.7. The molecule has 1 aliphatic rings. The maximum absolute atomic E-state index is 13.0. The molecule has 0 unspecified atom stereocenters. The lowest BCUT2D eigenvalue weighted by Crippen LogP contribution is -2.29. The second kappa shape index (κ2) is 11.1. The lowest BCUT2D eigenvalue weighted by molar-refractivity contribution is -0.394. The van der Waals surface area contributed by atoms with Crippen molar-refractivity contribution in [1.29, 1.82) is 0 Å². The average molecular weight is 497 g/mol. The lowest BCUT2D eigenvalue weighted by atomic mass is 9.82. The third-order valence-corrected chi connectivity index (χ3v) is 5.25. The van der Waals surface area contributed by atoms with Crippen LogP contribution in [0.4, 0.5) is 17.1 Å². The molecule has 3 rings (SSSR count). The van der Waals surface area contributed by atoms with E-state index in [0.29, 0.717) is 11.4 Å². The molecule has 0 N–H and O–H groups in total. The number of nitro groups is 2. The molecule has 2 aromatic rings. The predicted octanol–water partition coefficient (Wildman–Crippen LogP) is 4.01. The van der Waals surface area contributed by atoms with Gasteiger partial charge in [-0.15, -0.1) is 0 Å². The van der Waals surface area contributed by atoms with Gasteiger partial charge < -0.3 is 19.1 Å². The van der Waals surface area contributed by atoms with Crippen molar-refractivity contribution < 1.29 is 33.6 Å². The minimum Gasteiger partial charge on any atom is -0.497 e. The predicted molar refractivity (Wildman–Crippen MR) is 127 cm³/mol. The molecule has 0 bridgehead atoms. The molecule has 0 saturated carbocycles. The third-order valence-electron chi connectivity index (χ3n) is 5.25. The van der Waals surface area contributed by atoms with E-state index in [1.165, 1.54) is 24.4 Å². The van der Waals surface area contributed by atoms with Gasteiger partial charge in [0, 0.05) is 30.2 Å². The molecule has 1 aliphatic heterocycles. The first-order valence-electron chi connectivity index (χ1n) is 10.8. The summed E-state index contributed by atoms with van der Waals surface area (Å²) in [6.45, 7) is 3.22. The monoisotopic (exact) mass is 497 g/mol. The van der Waals surface area contributed by atoms with Gasteiger partial charge >= 0.3 is 11.9 Å². The molecule has 36 heavy (non-hydrogen) atoms. The highest BCUT2D eigenvalue weighted by molar-refractivity contribution is 6.00. The Bertz CT molecular complexity index is 1180. The highest BCUT2D eigenvalue weighted by Crippen LogP contribution is 2.41. The van der Waals surface area contributed by atoms with Crippen molar-refractivity contribution in [1.82, 2.24) is 0 Å². The Kier molecular flexibility index (Phi) is 8.00. The van der Waals surface area contributed by atoms with Gasteiger partial charge in [0.15, 0.2) is 0 Å². The zero-order valence-corrected chi connectivity index (χ0v) is 19.7. The number of hydrogen-bond acceptors (Lipinski definition) is 10. The Morgan fingerprint density at radius 3 is 1.72 bits per heavy atom. The van der Waals surface area contributed by atoms with Gasteiger partial charge in [0.1, 0.15) is 5.75 Å². The molecule has 12 nitrogen and oxygen atoms in total. The van der Waals surface area contributed by atoms with E-state index in [4.69, 9.17) is 14.2 Å². The molecular weight excluding hydrogens is 474 g/mol. The number of methoxy groups -OCH3 is 1. The Balaban J connectivity index is 2.26. The van der Waals surface area contributed by atoms with Gasteiger partial charge in [-0.1, -0.05) is 0 Å². The molecule has 188 valence electrons. The summed E-state index contributed by atoms with van der Waals surface area (Å²) in [7, 11) is 1.51. The van der Waals surface area contributed by atoms with Crippen molar-refractivity contribution >= 4 is 29.0 Å². The Morgan fingerprint density at radius 2 is 1.33 bits per heavy atom. The van der Waals surface area contributed by atoms with E-state index < -0.39 is 39.1 Å². The summed E-state index contributed by atoms with van der Waals surface area (Å²) >= 11 is 0. The molecule has 0 radical (unpaired) electrons. The van der Waals surface area contributed by atoms with Crippen molar-refractivity contribution in [3.8, 4) is 5.75 Å². The summed E-state index contributed by atoms with van der Waals surface area (Å²) in [6.07, 6.45) is 2.83. The van der Waals surface area contributed by atoms with E-state index in [-0.39, 0.29) is 29.9 Å². The summed E-state index contributed by atoms with van der Waals surface area (Å²) in [5, 5.41) is 23.0.